The SMILES string of the molecule is FC(F)(F)C1CC2CCCCC2C(C(F)(F)F)N1. The number of hydrogen-bond donors (Lipinski definition) is 1. The van der Waals surface area contributed by atoms with Gasteiger partial charge in [0, 0.05) is 0 Å². The molecule has 1 saturated heterocycles. The van der Waals surface area contributed by atoms with Gasteiger partial charge in [-0.2, -0.15) is 26.3 Å². The van der Waals surface area contributed by atoms with Crippen molar-refractivity contribution in [3.8, 4) is 0 Å². The van der Waals surface area contributed by atoms with Crippen LogP contribution in [0, 0.1) is 11.8 Å². The third kappa shape index (κ3) is 2.75. The summed E-state index contributed by atoms with van der Waals surface area (Å²) in [6.45, 7) is 0. The highest BCUT2D eigenvalue weighted by Crippen LogP contribution is 2.45. The first kappa shape index (κ1) is 14.0. The number of fused-ring (bicyclic) bond motifs is 1. The van der Waals surface area contributed by atoms with Crippen molar-refractivity contribution in [1.82, 2.24) is 5.32 Å². The lowest BCUT2D eigenvalue weighted by molar-refractivity contribution is -0.217. The molecule has 18 heavy (non-hydrogen) atoms. The van der Waals surface area contributed by atoms with E-state index in [1.54, 1.807) is 5.32 Å². The number of piperidine rings is 1. The fraction of sp³-hybridized carbons (Fsp3) is 1.00. The average molecular weight is 275 g/mol. The van der Waals surface area contributed by atoms with Crippen LogP contribution in [0.4, 0.5) is 26.3 Å². The molecule has 1 nitrogen and oxygen atoms in total. The molecule has 1 aliphatic heterocycles. The molecule has 0 amide bonds. The molecule has 0 spiro atoms. The van der Waals surface area contributed by atoms with Gasteiger partial charge in [-0.15, -0.1) is 0 Å². The van der Waals surface area contributed by atoms with Crippen molar-refractivity contribution in [3.05, 3.63) is 0 Å². The summed E-state index contributed by atoms with van der Waals surface area (Å²) in [5.74, 6) is -1.16. The molecule has 4 unspecified atom stereocenters. The summed E-state index contributed by atoms with van der Waals surface area (Å²) in [7, 11) is 0. The first-order valence-corrected chi connectivity index (χ1v) is 6.09. The number of nitrogens with one attached hydrogen (secondary N) is 1. The third-order valence-corrected chi connectivity index (χ3v) is 4.06. The highest BCUT2D eigenvalue weighted by Gasteiger charge is 2.56. The van der Waals surface area contributed by atoms with Gasteiger partial charge in [-0.1, -0.05) is 19.3 Å². The van der Waals surface area contributed by atoms with Crippen LogP contribution >= 0.6 is 0 Å². The monoisotopic (exact) mass is 275 g/mol. The van der Waals surface area contributed by atoms with Crippen LogP contribution in [-0.2, 0) is 0 Å². The molecular formula is C11H15F6N. The van der Waals surface area contributed by atoms with Crippen LogP contribution in [0.5, 0.6) is 0 Å². The maximum atomic E-state index is 12.8. The van der Waals surface area contributed by atoms with Crippen molar-refractivity contribution in [2.75, 3.05) is 0 Å². The number of alkyl halides is 6. The van der Waals surface area contributed by atoms with E-state index in [-0.39, 0.29) is 6.42 Å². The normalized spacial score (nSPS) is 38.3. The van der Waals surface area contributed by atoms with Crippen LogP contribution in [0.2, 0.25) is 0 Å². The van der Waals surface area contributed by atoms with Crippen LogP contribution < -0.4 is 5.32 Å². The third-order valence-electron chi connectivity index (χ3n) is 4.06. The Balaban J connectivity index is 2.20. The van der Waals surface area contributed by atoms with E-state index in [4.69, 9.17) is 0 Å². The Morgan fingerprint density at radius 1 is 0.833 bits per heavy atom. The minimum Gasteiger partial charge on any atom is -0.295 e. The van der Waals surface area contributed by atoms with Crippen molar-refractivity contribution in [2.45, 2.75) is 56.5 Å². The summed E-state index contributed by atoms with van der Waals surface area (Å²) in [5.41, 5.74) is 0. The minimum absolute atomic E-state index is 0.221. The van der Waals surface area contributed by atoms with Gasteiger partial charge in [0.15, 0.2) is 0 Å². The van der Waals surface area contributed by atoms with Gasteiger partial charge in [-0.3, -0.25) is 5.32 Å². The van der Waals surface area contributed by atoms with E-state index in [0.29, 0.717) is 19.3 Å². The molecule has 1 heterocycles. The molecule has 0 aromatic heterocycles. The molecule has 0 bridgehead atoms. The predicted octanol–water partition coefficient (Wildman–Crippen LogP) is 3.65. The molecule has 1 aliphatic carbocycles. The molecule has 7 heteroatoms. The molecule has 0 radical (unpaired) electrons. The van der Waals surface area contributed by atoms with E-state index in [1.165, 1.54) is 0 Å². The smallest absolute Gasteiger partial charge is 0.295 e. The van der Waals surface area contributed by atoms with E-state index in [9.17, 15) is 26.3 Å². The summed E-state index contributed by atoms with van der Waals surface area (Å²) in [5, 5.41) is 1.78. The molecule has 2 rings (SSSR count). The summed E-state index contributed by atoms with van der Waals surface area (Å²) in [6, 6.07) is -4.04. The Hall–Kier alpha value is -0.460. The van der Waals surface area contributed by atoms with Crippen molar-refractivity contribution in [3.63, 3.8) is 0 Å². The van der Waals surface area contributed by atoms with Gasteiger partial charge in [0.2, 0.25) is 0 Å². The largest absolute Gasteiger partial charge is 0.404 e. The van der Waals surface area contributed by atoms with Crippen LogP contribution in [0.1, 0.15) is 32.1 Å². The second-order valence-electron chi connectivity index (χ2n) is 5.22. The molecule has 106 valence electrons. The number of halogens is 6. The zero-order chi connectivity index (χ0) is 13.6. The predicted molar refractivity (Wildman–Crippen MR) is 52.9 cm³/mol. The minimum atomic E-state index is -4.61. The molecule has 4 atom stereocenters. The van der Waals surface area contributed by atoms with Gasteiger partial charge in [0.25, 0.3) is 0 Å². The van der Waals surface area contributed by atoms with Crippen molar-refractivity contribution in [2.24, 2.45) is 11.8 Å². The van der Waals surface area contributed by atoms with Gasteiger partial charge in [-0.05, 0) is 24.7 Å². The zero-order valence-electron chi connectivity index (χ0n) is 9.61. The van der Waals surface area contributed by atoms with Crippen LogP contribution in [0.3, 0.4) is 0 Å². The lowest BCUT2D eigenvalue weighted by Gasteiger charge is -2.46. The second-order valence-corrected chi connectivity index (χ2v) is 5.22. The van der Waals surface area contributed by atoms with E-state index in [0.717, 1.165) is 6.42 Å². The molecule has 0 aromatic carbocycles. The Morgan fingerprint density at radius 3 is 2.00 bits per heavy atom. The molecular weight excluding hydrogens is 260 g/mol. The standard InChI is InChI=1S/C11H15F6N/c12-10(13,14)8-5-6-3-1-2-4-7(6)9(18-8)11(15,16)17/h6-9,18H,1-5H2. The lowest BCUT2D eigenvalue weighted by atomic mass is 9.69. The molecule has 1 N–H and O–H groups in total. The quantitative estimate of drug-likeness (QED) is 0.665. The average Bonchev–Trinajstić information content (AvgIpc) is 2.25. The first-order chi connectivity index (χ1) is 8.19. The summed E-state index contributed by atoms with van der Waals surface area (Å²) in [4.78, 5) is 0. The summed E-state index contributed by atoms with van der Waals surface area (Å²) >= 11 is 0. The van der Waals surface area contributed by atoms with Crippen molar-refractivity contribution in [1.29, 1.82) is 0 Å². The van der Waals surface area contributed by atoms with Gasteiger partial charge in [0.05, 0.1) is 0 Å². The van der Waals surface area contributed by atoms with Crippen molar-refractivity contribution < 1.29 is 26.3 Å². The van der Waals surface area contributed by atoms with E-state index < -0.39 is 36.3 Å². The summed E-state index contributed by atoms with van der Waals surface area (Å²) in [6.07, 6.45) is -7.18. The van der Waals surface area contributed by atoms with Crippen LogP contribution in [0.25, 0.3) is 0 Å². The number of hydrogen-bond acceptors (Lipinski definition) is 1. The highest BCUT2D eigenvalue weighted by atomic mass is 19.4. The van der Waals surface area contributed by atoms with E-state index >= 15 is 0 Å². The second kappa shape index (κ2) is 4.58. The van der Waals surface area contributed by atoms with E-state index in [2.05, 4.69) is 0 Å². The van der Waals surface area contributed by atoms with Gasteiger partial charge in [-0.25, -0.2) is 0 Å². The zero-order valence-corrected chi connectivity index (χ0v) is 9.61. The Bertz CT molecular complexity index is 297. The molecule has 0 aromatic rings. The molecule has 2 fully saturated rings. The lowest BCUT2D eigenvalue weighted by Crippen LogP contribution is -2.62. The topological polar surface area (TPSA) is 12.0 Å². The Labute approximate surface area is 101 Å². The maximum absolute atomic E-state index is 12.8. The summed E-state index contributed by atoms with van der Waals surface area (Å²) < 4.78 is 76.4. The Kier molecular flexibility index (Phi) is 3.55. The number of rotatable bonds is 0. The van der Waals surface area contributed by atoms with Crippen LogP contribution in [-0.4, -0.2) is 24.4 Å². The first-order valence-electron chi connectivity index (χ1n) is 6.09. The van der Waals surface area contributed by atoms with Gasteiger partial charge >= 0.3 is 12.4 Å². The van der Waals surface area contributed by atoms with E-state index in [1.807, 2.05) is 0 Å². The maximum Gasteiger partial charge on any atom is 0.404 e. The Morgan fingerprint density at radius 2 is 1.44 bits per heavy atom. The van der Waals surface area contributed by atoms with Crippen molar-refractivity contribution >= 4 is 0 Å². The van der Waals surface area contributed by atoms with Gasteiger partial charge < -0.3 is 0 Å². The van der Waals surface area contributed by atoms with Crippen LogP contribution in [0.15, 0.2) is 0 Å². The highest BCUT2D eigenvalue weighted by molar-refractivity contribution is 4.98. The molecule has 2 aliphatic rings. The van der Waals surface area contributed by atoms with Gasteiger partial charge in [0.1, 0.15) is 12.1 Å². The fourth-order valence-electron chi connectivity index (χ4n) is 3.24. The fourth-order valence-corrected chi connectivity index (χ4v) is 3.24. The molecule has 1 saturated carbocycles.